The molecule has 1 saturated heterocycles. The van der Waals surface area contributed by atoms with E-state index in [1.807, 2.05) is 0 Å². The number of carbonyl (C=O) groups excluding carboxylic acids is 1. The molecule has 0 aliphatic carbocycles. The summed E-state index contributed by atoms with van der Waals surface area (Å²) in [5, 5.41) is 3.18. The maximum atomic E-state index is 13.5. The molecule has 4 heteroatoms. The van der Waals surface area contributed by atoms with Gasteiger partial charge < -0.3 is 10.1 Å². The van der Waals surface area contributed by atoms with Gasteiger partial charge in [-0.2, -0.15) is 0 Å². The molecular formula is C13H16FNO2. The Labute approximate surface area is 100.0 Å². The van der Waals surface area contributed by atoms with Crippen molar-refractivity contribution in [1.29, 1.82) is 0 Å². The number of halogens is 1. The van der Waals surface area contributed by atoms with Gasteiger partial charge in [0.1, 0.15) is 0 Å². The zero-order valence-corrected chi connectivity index (χ0v) is 9.83. The lowest BCUT2D eigenvalue weighted by Gasteiger charge is -2.21. The van der Waals surface area contributed by atoms with Crippen LogP contribution >= 0.6 is 0 Å². The number of rotatable bonds is 3. The van der Waals surface area contributed by atoms with Gasteiger partial charge in [-0.1, -0.05) is 0 Å². The minimum atomic E-state index is -0.484. The standard InChI is InChI=1S/C13H16FNO2/c1-17-12-5-4-9(7-11(12)14)13(16)10-3-2-6-15-8-10/h4-5,7,10,15H,2-3,6,8H2,1H3. The molecule has 0 radical (unpaired) electrons. The van der Waals surface area contributed by atoms with Crippen LogP contribution < -0.4 is 10.1 Å². The third kappa shape index (κ3) is 2.64. The monoisotopic (exact) mass is 237 g/mol. The van der Waals surface area contributed by atoms with Crippen molar-refractivity contribution >= 4 is 5.78 Å². The highest BCUT2D eigenvalue weighted by Crippen LogP contribution is 2.21. The Kier molecular flexibility index (Phi) is 3.74. The first-order chi connectivity index (χ1) is 8.22. The predicted molar refractivity (Wildman–Crippen MR) is 62.9 cm³/mol. The number of piperidine rings is 1. The Bertz CT molecular complexity index is 414. The van der Waals surface area contributed by atoms with Gasteiger partial charge in [0.2, 0.25) is 0 Å². The van der Waals surface area contributed by atoms with Gasteiger partial charge in [-0.3, -0.25) is 4.79 Å². The van der Waals surface area contributed by atoms with Gasteiger partial charge in [0.15, 0.2) is 17.3 Å². The topological polar surface area (TPSA) is 38.3 Å². The van der Waals surface area contributed by atoms with E-state index in [1.54, 1.807) is 6.07 Å². The van der Waals surface area contributed by atoms with Crippen molar-refractivity contribution < 1.29 is 13.9 Å². The Morgan fingerprint density at radius 1 is 1.53 bits per heavy atom. The second kappa shape index (κ2) is 5.27. The molecule has 1 unspecified atom stereocenters. The number of benzene rings is 1. The summed E-state index contributed by atoms with van der Waals surface area (Å²) in [6.07, 6.45) is 1.87. The van der Waals surface area contributed by atoms with E-state index < -0.39 is 5.82 Å². The highest BCUT2D eigenvalue weighted by Gasteiger charge is 2.22. The summed E-state index contributed by atoms with van der Waals surface area (Å²) in [6, 6.07) is 4.38. The summed E-state index contributed by atoms with van der Waals surface area (Å²) < 4.78 is 18.3. The third-order valence-electron chi connectivity index (χ3n) is 3.10. The largest absolute Gasteiger partial charge is 0.494 e. The summed E-state index contributed by atoms with van der Waals surface area (Å²) >= 11 is 0. The molecule has 1 aromatic rings. The normalized spacial score (nSPS) is 20.0. The number of ketones is 1. The smallest absolute Gasteiger partial charge is 0.167 e. The number of carbonyl (C=O) groups is 1. The highest BCUT2D eigenvalue weighted by atomic mass is 19.1. The molecule has 1 heterocycles. The molecule has 2 rings (SSSR count). The summed E-state index contributed by atoms with van der Waals surface area (Å²) in [5.74, 6) is -0.333. The van der Waals surface area contributed by atoms with Crippen LogP contribution in [0.4, 0.5) is 4.39 Å². The molecule has 1 aliphatic rings. The minimum Gasteiger partial charge on any atom is -0.494 e. The number of nitrogens with one attached hydrogen (secondary N) is 1. The van der Waals surface area contributed by atoms with E-state index >= 15 is 0 Å². The van der Waals surface area contributed by atoms with Crippen molar-refractivity contribution in [2.45, 2.75) is 12.8 Å². The number of hydrogen-bond donors (Lipinski definition) is 1. The van der Waals surface area contributed by atoms with Crippen molar-refractivity contribution in [1.82, 2.24) is 5.32 Å². The van der Waals surface area contributed by atoms with Crippen LogP contribution in [-0.2, 0) is 0 Å². The second-order valence-corrected chi connectivity index (χ2v) is 4.26. The summed E-state index contributed by atoms with van der Waals surface area (Å²) in [6.45, 7) is 1.65. The first-order valence-corrected chi connectivity index (χ1v) is 5.81. The van der Waals surface area contributed by atoms with Gasteiger partial charge in [-0.25, -0.2) is 4.39 Å². The molecule has 1 N–H and O–H groups in total. The molecule has 1 atom stereocenters. The Hall–Kier alpha value is -1.42. The molecule has 0 saturated carbocycles. The van der Waals surface area contributed by atoms with E-state index in [0.29, 0.717) is 12.1 Å². The molecule has 0 aromatic heterocycles. The predicted octanol–water partition coefficient (Wildman–Crippen LogP) is 2.02. The maximum absolute atomic E-state index is 13.5. The Balaban J connectivity index is 2.16. The van der Waals surface area contributed by atoms with E-state index in [1.165, 1.54) is 19.2 Å². The van der Waals surface area contributed by atoms with E-state index in [-0.39, 0.29) is 17.5 Å². The second-order valence-electron chi connectivity index (χ2n) is 4.26. The summed E-state index contributed by atoms with van der Waals surface area (Å²) in [5.41, 5.74) is 0.428. The quantitative estimate of drug-likeness (QED) is 0.817. The molecule has 0 spiro atoms. The van der Waals surface area contributed by atoms with Crippen LogP contribution in [0.2, 0.25) is 0 Å². The lowest BCUT2D eigenvalue weighted by Crippen LogP contribution is -2.34. The fraction of sp³-hybridized carbons (Fsp3) is 0.462. The number of methoxy groups -OCH3 is 1. The molecule has 1 fully saturated rings. The number of ether oxygens (including phenoxy) is 1. The maximum Gasteiger partial charge on any atom is 0.167 e. The number of Topliss-reactive ketones (excluding diaryl/α,β-unsaturated/α-hetero) is 1. The Morgan fingerprint density at radius 2 is 2.35 bits per heavy atom. The first-order valence-electron chi connectivity index (χ1n) is 5.81. The molecule has 0 bridgehead atoms. The average molecular weight is 237 g/mol. The highest BCUT2D eigenvalue weighted by molar-refractivity contribution is 5.98. The fourth-order valence-electron chi connectivity index (χ4n) is 2.13. The van der Waals surface area contributed by atoms with Crippen LogP contribution in [0.15, 0.2) is 18.2 Å². The molecule has 1 aliphatic heterocycles. The lowest BCUT2D eigenvalue weighted by molar-refractivity contribution is 0.0899. The van der Waals surface area contributed by atoms with Crippen molar-refractivity contribution in [3.63, 3.8) is 0 Å². The summed E-state index contributed by atoms with van der Waals surface area (Å²) in [4.78, 5) is 12.1. The van der Waals surface area contributed by atoms with E-state index in [4.69, 9.17) is 4.74 Å². The van der Waals surface area contributed by atoms with E-state index in [9.17, 15) is 9.18 Å². The Morgan fingerprint density at radius 3 is 2.94 bits per heavy atom. The van der Waals surface area contributed by atoms with E-state index in [0.717, 1.165) is 19.4 Å². The van der Waals surface area contributed by atoms with E-state index in [2.05, 4.69) is 5.32 Å². The van der Waals surface area contributed by atoms with Crippen LogP contribution in [0.3, 0.4) is 0 Å². The molecule has 92 valence electrons. The first kappa shape index (κ1) is 12.0. The summed E-state index contributed by atoms with van der Waals surface area (Å²) in [7, 11) is 1.41. The van der Waals surface area contributed by atoms with Gasteiger partial charge >= 0.3 is 0 Å². The van der Waals surface area contributed by atoms with Gasteiger partial charge in [0, 0.05) is 18.0 Å². The minimum absolute atomic E-state index is 0.0127. The zero-order chi connectivity index (χ0) is 12.3. The lowest BCUT2D eigenvalue weighted by atomic mass is 9.91. The van der Waals surface area contributed by atoms with Crippen LogP contribution in [-0.4, -0.2) is 26.0 Å². The van der Waals surface area contributed by atoms with Crippen molar-refractivity contribution in [3.8, 4) is 5.75 Å². The number of hydrogen-bond acceptors (Lipinski definition) is 3. The van der Waals surface area contributed by atoms with Gasteiger partial charge in [0.25, 0.3) is 0 Å². The van der Waals surface area contributed by atoms with Gasteiger partial charge in [0.05, 0.1) is 7.11 Å². The van der Waals surface area contributed by atoms with Crippen LogP contribution in [0.5, 0.6) is 5.75 Å². The van der Waals surface area contributed by atoms with Gasteiger partial charge in [-0.05, 0) is 37.6 Å². The van der Waals surface area contributed by atoms with Gasteiger partial charge in [-0.15, -0.1) is 0 Å². The molecule has 0 amide bonds. The van der Waals surface area contributed by atoms with Crippen molar-refractivity contribution in [3.05, 3.63) is 29.6 Å². The molecule has 3 nitrogen and oxygen atoms in total. The van der Waals surface area contributed by atoms with Crippen LogP contribution in [0.25, 0.3) is 0 Å². The average Bonchev–Trinajstić information content (AvgIpc) is 2.39. The molecule has 1 aromatic carbocycles. The van der Waals surface area contributed by atoms with Crippen LogP contribution in [0, 0.1) is 11.7 Å². The van der Waals surface area contributed by atoms with Crippen molar-refractivity contribution in [2.24, 2.45) is 5.92 Å². The fourth-order valence-corrected chi connectivity index (χ4v) is 2.13. The third-order valence-corrected chi connectivity index (χ3v) is 3.10. The van der Waals surface area contributed by atoms with Crippen molar-refractivity contribution in [2.75, 3.05) is 20.2 Å². The molecular weight excluding hydrogens is 221 g/mol. The zero-order valence-electron chi connectivity index (χ0n) is 9.83. The van der Waals surface area contributed by atoms with Crippen LogP contribution in [0.1, 0.15) is 23.2 Å². The SMILES string of the molecule is COc1ccc(C(=O)C2CCCNC2)cc1F. The molecule has 17 heavy (non-hydrogen) atoms.